The quantitative estimate of drug-likeness (QED) is 0.695. The molecule has 5 nitrogen and oxygen atoms in total. The topological polar surface area (TPSA) is 76.8 Å². The number of fused-ring (bicyclic) bond motifs is 1. The number of nitrogens with zero attached hydrogens (tertiary/aromatic N) is 2. The van der Waals surface area contributed by atoms with Crippen molar-refractivity contribution in [2.45, 2.75) is 0 Å². The molecule has 2 aromatic heterocycles. The highest BCUT2D eigenvalue weighted by molar-refractivity contribution is 9.10. The molecule has 3 rings (SSSR count). The molecule has 0 saturated heterocycles. The van der Waals surface area contributed by atoms with Crippen LogP contribution in [-0.4, -0.2) is 20.2 Å². The second-order valence-corrected chi connectivity index (χ2v) is 5.42. The van der Waals surface area contributed by atoms with Crippen molar-refractivity contribution in [2.75, 3.05) is 0 Å². The Morgan fingerprint density at radius 3 is 3.00 bits per heavy atom. The highest BCUT2D eigenvalue weighted by Crippen LogP contribution is 2.37. The van der Waals surface area contributed by atoms with E-state index in [-0.39, 0.29) is 10.7 Å². The fourth-order valence-corrected chi connectivity index (χ4v) is 2.56. The van der Waals surface area contributed by atoms with Crippen molar-refractivity contribution in [3.05, 3.63) is 46.6 Å². The van der Waals surface area contributed by atoms with Crippen molar-refractivity contribution < 1.29 is 9.13 Å². The largest absolute Gasteiger partial charge is 0.451 e. The van der Waals surface area contributed by atoms with Crippen LogP contribution in [0.3, 0.4) is 0 Å². The molecule has 0 radical (unpaired) electrons. The lowest BCUT2D eigenvalue weighted by Gasteiger charge is -2.10. The number of aromatic nitrogens is 3. The van der Waals surface area contributed by atoms with Gasteiger partial charge in [0.1, 0.15) is 16.4 Å². The minimum atomic E-state index is -0.509. The fraction of sp³-hybridized carbons (Fsp3) is 0. The number of benzene rings is 1. The van der Waals surface area contributed by atoms with Gasteiger partial charge in [-0.05, 0) is 22.0 Å². The van der Waals surface area contributed by atoms with Gasteiger partial charge in [0.25, 0.3) is 0 Å². The molecule has 8 heteroatoms. The predicted molar refractivity (Wildman–Crippen MR) is 84.0 cm³/mol. The maximum Gasteiger partial charge on any atom is 0.178 e. The van der Waals surface area contributed by atoms with Crippen LogP contribution in [0.4, 0.5) is 4.39 Å². The van der Waals surface area contributed by atoms with Gasteiger partial charge in [-0.2, -0.15) is 5.10 Å². The number of nitrogens with two attached hydrogens (primary N) is 1. The third-order valence-corrected chi connectivity index (χ3v) is 3.80. The van der Waals surface area contributed by atoms with Crippen LogP contribution in [0.1, 0.15) is 5.69 Å². The van der Waals surface area contributed by atoms with E-state index in [1.165, 1.54) is 18.3 Å². The standard InChI is InChI=1S/C13H8BrFN4OS/c14-11-7-1-2-17-9(7)4-8(15)12(11)20-6-3-10(13(16)21)19-18-5-6/h1-5,17H,(H2,16,21). The monoisotopic (exact) mass is 366 g/mol. The molecule has 106 valence electrons. The molecule has 1 aromatic carbocycles. The highest BCUT2D eigenvalue weighted by atomic mass is 79.9. The van der Waals surface area contributed by atoms with Crippen LogP contribution in [0, 0.1) is 5.82 Å². The molecule has 0 aliphatic carbocycles. The van der Waals surface area contributed by atoms with Crippen molar-refractivity contribution in [1.29, 1.82) is 0 Å². The van der Waals surface area contributed by atoms with Gasteiger partial charge in [0.2, 0.25) is 0 Å². The first-order valence-electron chi connectivity index (χ1n) is 5.81. The number of hydrogen-bond donors (Lipinski definition) is 2. The number of rotatable bonds is 3. The van der Waals surface area contributed by atoms with Crippen LogP contribution in [0.5, 0.6) is 11.5 Å². The van der Waals surface area contributed by atoms with Gasteiger partial charge in [0.05, 0.1) is 10.7 Å². The number of H-pyrrole nitrogens is 1. The summed E-state index contributed by atoms with van der Waals surface area (Å²) in [5, 5.41) is 8.30. The molecule has 0 aliphatic heterocycles. The number of hydrogen-bond acceptors (Lipinski definition) is 4. The second-order valence-electron chi connectivity index (χ2n) is 4.18. The summed E-state index contributed by atoms with van der Waals surface area (Å²) < 4.78 is 20.2. The number of nitrogens with one attached hydrogen (secondary N) is 1. The molecule has 0 fully saturated rings. The highest BCUT2D eigenvalue weighted by Gasteiger charge is 2.15. The van der Waals surface area contributed by atoms with Crippen molar-refractivity contribution in [2.24, 2.45) is 5.73 Å². The first-order valence-corrected chi connectivity index (χ1v) is 7.02. The molecule has 0 atom stereocenters. The molecule has 0 spiro atoms. The summed E-state index contributed by atoms with van der Waals surface area (Å²) in [4.78, 5) is 3.03. The number of halogens is 2. The lowest BCUT2D eigenvalue weighted by Crippen LogP contribution is -2.12. The Morgan fingerprint density at radius 1 is 1.43 bits per heavy atom. The average Bonchev–Trinajstić information content (AvgIpc) is 2.92. The van der Waals surface area contributed by atoms with E-state index in [0.717, 1.165) is 5.39 Å². The van der Waals surface area contributed by atoms with E-state index < -0.39 is 5.82 Å². The van der Waals surface area contributed by atoms with E-state index in [2.05, 4.69) is 31.1 Å². The van der Waals surface area contributed by atoms with Crippen LogP contribution in [0.15, 0.2) is 35.1 Å². The summed E-state index contributed by atoms with van der Waals surface area (Å²) in [6.07, 6.45) is 3.08. The van der Waals surface area contributed by atoms with Gasteiger partial charge in [-0.3, -0.25) is 0 Å². The van der Waals surface area contributed by atoms with Crippen LogP contribution in [0.2, 0.25) is 0 Å². The van der Waals surface area contributed by atoms with Crippen molar-refractivity contribution in [3.8, 4) is 11.5 Å². The molecule has 0 bridgehead atoms. The van der Waals surface area contributed by atoms with E-state index in [4.69, 9.17) is 22.7 Å². The van der Waals surface area contributed by atoms with Crippen molar-refractivity contribution in [3.63, 3.8) is 0 Å². The van der Waals surface area contributed by atoms with Crippen LogP contribution >= 0.6 is 28.1 Å². The zero-order valence-electron chi connectivity index (χ0n) is 10.4. The Balaban J connectivity index is 2.05. The fourth-order valence-electron chi connectivity index (χ4n) is 1.85. The Bertz CT molecular complexity index is 851. The maximum absolute atomic E-state index is 14.1. The summed E-state index contributed by atoms with van der Waals surface area (Å²) >= 11 is 8.17. The summed E-state index contributed by atoms with van der Waals surface area (Å²) in [5.74, 6) is -0.156. The molecular formula is C13H8BrFN4OS. The molecule has 3 aromatic rings. The lowest BCUT2D eigenvalue weighted by molar-refractivity contribution is 0.437. The minimum absolute atomic E-state index is 0.0592. The Morgan fingerprint density at radius 2 is 2.24 bits per heavy atom. The van der Waals surface area contributed by atoms with Gasteiger partial charge < -0.3 is 15.5 Å². The van der Waals surface area contributed by atoms with Gasteiger partial charge in [0.15, 0.2) is 11.6 Å². The maximum atomic E-state index is 14.1. The lowest BCUT2D eigenvalue weighted by atomic mass is 10.2. The van der Waals surface area contributed by atoms with E-state index >= 15 is 0 Å². The number of aromatic amines is 1. The van der Waals surface area contributed by atoms with Gasteiger partial charge in [-0.25, -0.2) is 4.39 Å². The molecule has 0 amide bonds. The van der Waals surface area contributed by atoms with Gasteiger partial charge >= 0.3 is 0 Å². The third-order valence-electron chi connectivity index (χ3n) is 2.80. The molecular weight excluding hydrogens is 359 g/mol. The average molecular weight is 367 g/mol. The zero-order chi connectivity index (χ0) is 15.0. The van der Waals surface area contributed by atoms with Gasteiger partial charge in [-0.1, -0.05) is 12.2 Å². The van der Waals surface area contributed by atoms with Crippen molar-refractivity contribution >= 4 is 44.0 Å². The zero-order valence-corrected chi connectivity index (χ0v) is 12.8. The summed E-state index contributed by atoms with van der Waals surface area (Å²) in [6.45, 7) is 0. The van der Waals surface area contributed by atoms with E-state index in [1.807, 2.05) is 6.07 Å². The van der Waals surface area contributed by atoms with Crippen LogP contribution in [-0.2, 0) is 0 Å². The second kappa shape index (κ2) is 5.38. The Kier molecular flexibility index (Phi) is 3.56. The van der Waals surface area contributed by atoms with Crippen LogP contribution < -0.4 is 10.5 Å². The first-order chi connectivity index (χ1) is 10.1. The minimum Gasteiger partial charge on any atom is -0.451 e. The Labute approximate surface area is 132 Å². The smallest absolute Gasteiger partial charge is 0.178 e. The number of ether oxygens (including phenoxy) is 1. The summed E-state index contributed by atoms with van der Waals surface area (Å²) in [5.41, 5.74) is 6.46. The van der Waals surface area contributed by atoms with Crippen molar-refractivity contribution in [1.82, 2.24) is 15.2 Å². The molecule has 2 heterocycles. The number of thiocarbonyl (C=S) groups is 1. The van der Waals surface area contributed by atoms with E-state index in [0.29, 0.717) is 21.4 Å². The SMILES string of the molecule is NC(=S)c1cc(Oc2c(F)cc3[nH]ccc3c2Br)cnn1. The van der Waals surface area contributed by atoms with Crippen LogP contribution in [0.25, 0.3) is 10.9 Å². The molecule has 0 aliphatic rings. The predicted octanol–water partition coefficient (Wildman–Crippen LogP) is 3.29. The summed E-state index contributed by atoms with van der Waals surface area (Å²) in [7, 11) is 0. The normalized spacial score (nSPS) is 10.8. The molecule has 3 N–H and O–H groups in total. The molecule has 0 unspecified atom stereocenters. The van der Waals surface area contributed by atoms with E-state index in [9.17, 15) is 4.39 Å². The summed E-state index contributed by atoms with van der Waals surface area (Å²) in [6, 6.07) is 4.68. The third kappa shape index (κ3) is 2.59. The van der Waals surface area contributed by atoms with E-state index in [1.54, 1.807) is 6.20 Å². The molecule has 21 heavy (non-hydrogen) atoms. The Hall–Kier alpha value is -2.06. The van der Waals surface area contributed by atoms with Gasteiger partial charge in [0, 0.05) is 29.2 Å². The first kappa shape index (κ1) is 13.9. The van der Waals surface area contributed by atoms with Gasteiger partial charge in [-0.15, -0.1) is 5.10 Å². The molecule has 0 saturated carbocycles.